The average molecular weight is 377 g/mol. The van der Waals surface area contributed by atoms with Gasteiger partial charge in [0.25, 0.3) is 0 Å². The molecule has 1 heterocycles. The molecule has 1 aromatic carbocycles. The third-order valence-corrected chi connectivity index (χ3v) is 4.49. The van der Waals surface area contributed by atoms with Gasteiger partial charge in [-0.3, -0.25) is 4.79 Å². The minimum atomic E-state index is -0.563. The molecule has 0 aromatic heterocycles. The molecule has 0 spiro atoms. The summed E-state index contributed by atoms with van der Waals surface area (Å²) in [5.41, 5.74) is 6.66. The minimum absolute atomic E-state index is 0.0125. The normalized spacial score (nSPS) is 20.7. The Morgan fingerprint density at radius 1 is 1.41 bits per heavy atom. The molecule has 0 fully saturated rings. The van der Waals surface area contributed by atoms with Crippen molar-refractivity contribution >= 4 is 17.7 Å². The number of ether oxygens (including phenoxy) is 2. The van der Waals surface area contributed by atoms with E-state index in [-0.39, 0.29) is 24.3 Å². The number of nitrogen functional groups attached to an aromatic ring is 1. The standard InChI is InChI=1S/C20H31N3O4/c1-13-11-22(5)18(24)10-14-9-15(21)7-8-16(14)26-17(13)12-23(6)19(25)27-20(2,3)4/h7-9,13,17H,10-12,21H2,1-6H3/t13-,17+/m0/s1. The van der Waals surface area contributed by atoms with Gasteiger partial charge in [-0.2, -0.15) is 0 Å². The third kappa shape index (κ3) is 5.77. The zero-order valence-electron chi connectivity index (χ0n) is 17.1. The molecule has 0 bridgehead atoms. The number of rotatable bonds is 2. The number of fused-ring (bicyclic) bond motifs is 1. The molecular formula is C20H31N3O4. The molecule has 1 aromatic rings. The van der Waals surface area contributed by atoms with Crippen LogP contribution in [0.1, 0.15) is 33.3 Å². The Bertz CT molecular complexity index is 699. The number of benzene rings is 1. The lowest BCUT2D eigenvalue weighted by atomic mass is 10.0. The first kappa shape index (κ1) is 20.9. The summed E-state index contributed by atoms with van der Waals surface area (Å²) >= 11 is 0. The number of carbonyl (C=O) groups is 2. The van der Waals surface area contributed by atoms with E-state index in [1.54, 1.807) is 37.2 Å². The summed E-state index contributed by atoms with van der Waals surface area (Å²) < 4.78 is 11.7. The molecule has 0 saturated carbocycles. The van der Waals surface area contributed by atoms with Crippen molar-refractivity contribution in [3.8, 4) is 5.75 Å². The third-order valence-electron chi connectivity index (χ3n) is 4.49. The molecule has 0 aliphatic carbocycles. The number of nitrogens with zero attached hydrogens (tertiary/aromatic N) is 2. The van der Waals surface area contributed by atoms with E-state index in [4.69, 9.17) is 15.2 Å². The van der Waals surface area contributed by atoms with Gasteiger partial charge in [0.1, 0.15) is 17.5 Å². The SMILES string of the molecule is C[C@H]1CN(C)C(=O)Cc2cc(N)ccc2O[C@@H]1CN(C)C(=O)OC(C)(C)C. The zero-order chi connectivity index (χ0) is 20.4. The molecule has 7 heteroatoms. The van der Waals surface area contributed by atoms with Crippen LogP contribution in [0.25, 0.3) is 0 Å². The summed E-state index contributed by atoms with van der Waals surface area (Å²) in [7, 11) is 3.47. The second kappa shape index (κ2) is 8.06. The Hall–Kier alpha value is -2.44. The molecule has 150 valence electrons. The number of amides is 2. The fourth-order valence-electron chi connectivity index (χ4n) is 2.98. The number of carbonyl (C=O) groups excluding carboxylic acids is 2. The number of likely N-dealkylation sites (N-methyl/N-ethyl adjacent to an activating group) is 2. The maximum atomic E-state index is 12.5. The fourth-order valence-corrected chi connectivity index (χ4v) is 2.98. The summed E-state index contributed by atoms with van der Waals surface area (Å²) in [6.07, 6.45) is -0.462. The molecule has 1 aliphatic rings. The average Bonchev–Trinajstić information content (AvgIpc) is 2.57. The molecule has 2 amide bonds. The molecule has 27 heavy (non-hydrogen) atoms. The first-order valence-electron chi connectivity index (χ1n) is 9.19. The van der Waals surface area contributed by atoms with E-state index in [1.807, 2.05) is 27.7 Å². The van der Waals surface area contributed by atoms with Crippen LogP contribution < -0.4 is 10.5 Å². The largest absolute Gasteiger partial charge is 0.488 e. The predicted molar refractivity (Wildman–Crippen MR) is 105 cm³/mol. The summed E-state index contributed by atoms with van der Waals surface area (Å²) in [4.78, 5) is 28.0. The van der Waals surface area contributed by atoms with Gasteiger partial charge >= 0.3 is 6.09 Å². The van der Waals surface area contributed by atoms with Crippen molar-refractivity contribution in [1.29, 1.82) is 0 Å². The number of nitrogens with two attached hydrogens (primary N) is 1. The summed E-state index contributed by atoms with van der Waals surface area (Å²) in [5, 5.41) is 0. The van der Waals surface area contributed by atoms with E-state index in [1.165, 1.54) is 4.90 Å². The Labute approximate surface area is 161 Å². The smallest absolute Gasteiger partial charge is 0.410 e. The van der Waals surface area contributed by atoms with Crippen LogP contribution in [-0.2, 0) is 16.0 Å². The van der Waals surface area contributed by atoms with E-state index < -0.39 is 11.7 Å². The van der Waals surface area contributed by atoms with Crippen molar-refractivity contribution in [1.82, 2.24) is 9.80 Å². The van der Waals surface area contributed by atoms with Crippen molar-refractivity contribution in [2.75, 3.05) is 32.9 Å². The van der Waals surface area contributed by atoms with E-state index >= 15 is 0 Å². The Balaban J connectivity index is 2.25. The van der Waals surface area contributed by atoms with Crippen LogP contribution in [0.3, 0.4) is 0 Å². The monoisotopic (exact) mass is 377 g/mol. The highest BCUT2D eigenvalue weighted by Crippen LogP contribution is 2.27. The van der Waals surface area contributed by atoms with Crippen molar-refractivity contribution in [3.05, 3.63) is 23.8 Å². The molecule has 2 N–H and O–H groups in total. The molecule has 2 rings (SSSR count). The van der Waals surface area contributed by atoms with Gasteiger partial charge in [-0.25, -0.2) is 4.79 Å². The highest BCUT2D eigenvalue weighted by atomic mass is 16.6. The van der Waals surface area contributed by atoms with E-state index in [0.29, 0.717) is 24.5 Å². The van der Waals surface area contributed by atoms with Crippen LogP contribution in [-0.4, -0.2) is 60.7 Å². The van der Waals surface area contributed by atoms with Gasteiger partial charge in [0.15, 0.2) is 0 Å². The van der Waals surface area contributed by atoms with E-state index in [2.05, 4.69) is 0 Å². The van der Waals surface area contributed by atoms with Crippen molar-refractivity contribution in [2.24, 2.45) is 5.92 Å². The Morgan fingerprint density at radius 3 is 2.70 bits per heavy atom. The van der Waals surface area contributed by atoms with Crippen LogP contribution >= 0.6 is 0 Å². The second-order valence-corrected chi connectivity index (χ2v) is 8.31. The van der Waals surface area contributed by atoms with E-state index in [9.17, 15) is 9.59 Å². The lowest BCUT2D eigenvalue weighted by Crippen LogP contribution is -2.45. The van der Waals surface area contributed by atoms with Gasteiger partial charge in [0.05, 0.1) is 13.0 Å². The first-order chi connectivity index (χ1) is 12.5. The molecule has 1 aliphatic heterocycles. The molecule has 7 nitrogen and oxygen atoms in total. The molecular weight excluding hydrogens is 346 g/mol. The van der Waals surface area contributed by atoms with Gasteiger partial charge < -0.3 is 25.0 Å². The van der Waals surface area contributed by atoms with Gasteiger partial charge in [-0.15, -0.1) is 0 Å². The van der Waals surface area contributed by atoms with Gasteiger partial charge in [-0.05, 0) is 39.0 Å². The van der Waals surface area contributed by atoms with Crippen LogP contribution in [0.2, 0.25) is 0 Å². The minimum Gasteiger partial charge on any atom is -0.488 e. The van der Waals surface area contributed by atoms with Gasteiger partial charge in [0.2, 0.25) is 5.91 Å². The molecule has 0 saturated heterocycles. The maximum absolute atomic E-state index is 12.5. The lowest BCUT2D eigenvalue weighted by molar-refractivity contribution is -0.129. The van der Waals surface area contributed by atoms with Crippen molar-refractivity contribution in [2.45, 2.75) is 45.8 Å². The fraction of sp³-hybridized carbons (Fsp3) is 0.600. The first-order valence-corrected chi connectivity index (χ1v) is 9.19. The lowest BCUT2D eigenvalue weighted by Gasteiger charge is -2.31. The number of hydrogen-bond donors (Lipinski definition) is 1. The summed E-state index contributed by atoms with van der Waals surface area (Å²) in [6.45, 7) is 8.40. The second-order valence-electron chi connectivity index (χ2n) is 8.31. The highest BCUT2D eigenvalue weighted by Gasteiger charge is 2.30. The Kier molecular flexibility index (Phi) is 6.23. The van der Waals surface area contributed by atoms with Crippen LogP contribution in [0.4, 0.5) is 10.5 Å². The molecule has 0 unspecified atom stereocenters. The Morgan fingerprint density at radius 2 is 2.07 bits per heavy atom. The summed E-state index contributed by atoms with van der Waals surface area (Å²) in [6, 6.07) is 5.31. The zero-order valence-corrected chi connectivity index (χ0v) is 17.1. The van der Waals surface area contributed by atoms with Gasteiger partial charge in [0, 0.05) is 37.8 Å². The maximum Gasteiger partial charge on any atom is 0.410 e. The van der Waals surface area contributed by atoms with Gasteiger partial charge in [-0.1, -0.05) is 6.92 Å². The van der Waals surface area contributed by atoms with Crippen LogP contribution in [0, 0.1) is 5.92 Å². The molecule has 0 radical (unpaired) electrons. The number of hydrogen-bond acceptors (Lipinski definition) is 5. The van der Waals surface area contributed by atoms with Crippen molar-refractivity contribution < 1.29 is 19.1 Å². The number of anilines is 1. The topological polar surface area (TPSA) is 85.1 Å². The summed E-state index contributed by atoms with van der Waals surface area (Å²) in [5.74, 6) is 0.660. The predicted octanol–water partition coefficient (Wildman–Crippen LogP) is 2.53. The van der Waals surface area contributed by atoms with E-state index in [0.717, 1.165) is 5.56 Å². The highest BCUT2D eigenvalue weighted by molar-refractivity contribution is 5.79. The molecule has 2 atom stereocenters. The van der Waals surface area contributed by atoms with Crippen LogP contribution in [0.5, 0.6) is 5.75 Å². The quantitative estimate of drug-likeness (QED) is 0.801. The van der Waals surface area contributed by atoms with Crippen LogP contribution in [0.15, 0.2) is 18.2 Å². The van der Waals surface area contributed by atoms with Crippen molar-refractivity contribution in [3.63, 3.8) is 0 Å².